The maximum atomic E-state index is 6.01. The topological polar surface area (TPSA) is 0 Å². The third kappa shape index (κ3) is 3.14. The molecule has 94 valence electrons. The van der Waals surface area contributed by atoms with Gasteiger partial charge in [-0.2, -0.15) is 0 Å². The lowest BCUT2D eigenvalue weighted by Crippen LogP contribution is -1.98. The number of halogens is 1. The first-order valence-corrected chi connectivity index (χ1v) is 6.75. The summed E-state index contributed by atoms with van der Waals surface area (Å²) in [6.45, 7) is 6.56. The Bertz CT molecular complexity index is 532. The Morgan fingerprint density at radius 2 is 1.56 bits per heavy atom. The van der Waals surface area contributed by atoms with E-state index in [1.54, 1.807) is 0 Å². The molecular weight excluding hydrogens is 240 g/mol. The van der Waals surface area contributed by atoms with E-state index in [4.69, 9.17) is 11.6 Å². The maximum Gasteiger partial charge on any atom is 0.0408 e. The first-order valence-electron chi connectivity index (χ1n) is 6.37. The van der Waals surface area contributed by atoms with E-state index in [1.807, 2.05) is 12.1 Å². The zero-order chi connectivity index (χ0) is 13.1. The molecule has 1 heteroatoms. The number of aryl methyl sites for hydroxylation is 4. The van der Waals surface area contributed by atoms with Gasteiger partial charge < -0.3 is 0 Å². The van der Waals surface area contributed by atoms with E-state index in [9.17, 15) is 0 Å². The van der Waals surface area contributed by atoms with Gasteiger partial charge in [-0.25, -0.2) is 0 Å². The van der Waals surface area contributed by atoms with Crippen LogP contribution < -0.4 is 0 Å². The smallest absolute Gasteiger partial charge is 0.0408 e. The van der Waals surface area contributed by atoms with Crippen LogP contribution in [0.25, 0.3) is 0 Å². The Balaban J connectivity index is 2.16. The van der Waals surface area contributed by atoms with Crippen molar-refractivity contribution in [1.29, 1.82) is 0 Å². The predicted molar refractivity (Wildman–Crippen MR) is 79.5 cm³/mol. The van der Waals surface area contributed by atoms with Crippen molar-refractivity contribution in [3.05, 3.63) is 69.2 Å². The van der Waals surface area contributed by atoms with Gasteiger partial charge in [0.1, 0.15) is 0 Å². The average Bonchev–Trinajstić information content (AvgIpc) is 2.27. The van der Waals surface area contributed by atoms with E-state index in [1.165, 1.54) is 27.8 Å². The normalized spacial score (nSPS) is 10.7. The van der Waals surface area contributed by atoms with Gasteiger partial charge in [-0.3, -0.25) is 0 Å². The van der Waals surface area contributed by atoms with Gasteiger partial charge in [0.15, 0.2) is 0 Å². The predicted octanol–water partition coefficient (Wildman–Crippen LogP) is 5.05. The SMILES string of the molecule is Cc1cc(C)c(CCc2cccc(Cl)c2)c(C)c1. The van der Waals surface area contributed by atoms with Crippen molar-refractivity contribution in [3.8, 4) is 0 Å². The fourth-order valence-corrected chi connectivity index (χ4v) is 2.78. The van der Waals surface area contributed by atoms with Crippen LogP contribution in [0.5, 0.6) is 0 Å². The Hall–Kier alpha value is -1.27. The summed E-state index contributed by atoms with van der Waals surface area (Å²) in [6, 6.07) is 12.7. The minimum Gasteiger partial charge on any atom is -0.0843 e. The first-order chi connectivity index (χ1) is 8.56. The third-order valence-corrected chi connectivity index (χ3v) is 3.63. The lowest BCUT2D eigenvalue weighted by atomic mass is 9.94. The summed E-state index contributed by atoms with van der Waals surface area (Å²) >= 11 is 6.01. The molecular formula is C17H19Cl. The molecule has 2 rings (SSSR count). The number of hydrogen-bond acceptors (Lipinski definition) is 0. The molecule has 0 nitrogen and oxygen atoms in total. The summed E-state index contributed by atoms with van der Waals surface area (Å²) < 4.78 is 0. The van der Waals surface area contributed by atoms with Gasteiger partial charge in [-0.15, -0.1) is 0 Å². The van der Waals surface area contributed by atoms with Gasteiger partial charge in [0.25, 0.3) is 0 Å². The van der Waals surface area contributed by atoms with Crippen LogP contribution >= 0.6 is 11.6 Å². The van der Waals surface area contributed by atoms with Crippen LogP contribution in [0.2, 0.25) is 5.02 Å². The molecule has 0 aliphatic rings. The van der Waals surface area contributed by atoms with Crippen LogP contribution in [0.3, 0.4) is 0 Å². The van der Waals surface area contributed by atoms with Crippen LogP contribution in [0, 0.1) is 20.8 Å². The van der Waals surface area contributed by atoms with Crippen molar-refractivity contribution in [1.82, 2.24) is 0 Å². The van der Waals surface area contributed by atoms with E-state index in [0.717, 1.165) is 17.9 Å². The summed E-state index contributed by atoms with van der Waals surface area (Å²) in [5.41, 5.74) is 6.92. The number of hydrogen-bond donors (Lipinski definition) is 0. The summed E-state index contributed by atoms with van der Waals surface area (Å²) in [5, 5.41) is 0.824. The van der Waals surface area contributed by atoms with Crippen LogP contribution in [-0.4, -0.2) is 0 Å². The third-order valence-electron chi connectivity index (χ3n) is 3.39. The molecule has 0 fully saturated rings. The molecule has 0 aliphatic heterocycles. The zero-order valence-corrected chi connectivity index (χ0v) is 12.0. The molecule has 0 amide bonds. The molecule has 0 saturated heterocycles. The minimum atomic E-state index is 0.824. The first kappa shape index (κ1) is 13.2. The summed E-state index contributed by atoms with van der Waals surface area (Å²) in [7, 11) is 0. The average molecular weight is 259 g/mol. The van der Waals surface area contributed by atoms with Gasteiger partial charge in [-0.1, -0.05) is 41.4 Å². The molecule has 0 saturated carbocycles. The standard InChI is InChI=1S/C17H19Cl/c1-12-9-13(2)17(14(3)10-12)8-7-15-5-4-6-16(18)11-15/h4-6,9-11H,7-8H2,1-3H3. The Labute approximate surface area is 115 Å². The van der Waals surface area contributed by atoms with Gasteiger partial charge in [0, 0.05) is 5.02 Å². The van der Waals surface area contributed by atoms with Crippen LogP contribution in [-0.2, 0) is 12.8 Å². The van der Waals surface area contributed by atoms with Crippen LogP contribution in [0.15, 0.2) is 36.4 Å². The Morgan fingerprint density at radius 1 is 0.889 bits per heavy atom. The Morgan fingerprint density at radius 3 is 2.17 bits per heavy atom. The molecule has 18 heavy (non-hydrogen) atoms. The molecule has 0 aliphatic carbocycles. The van der Waals surface area contributed by atoms with E-state index < -0.39 is 0 Å². The van der Waals surface area contributed by atoms with Crippen molar-refractivity contribution in [3.63, 3.8) is 0 Å². The fourth-order valence-electron chi connectivity index (χ4n) is 2.57. The summed E-state index contributed by atoms with van der Waals surface area (Å²) in [4.78, 5) is 0. The second-order valence-corrected chi connectivity index (χ2v) is 5.44. The van der Waals surface area contributed by atoms with E-state index in [0.29, 0.717) is 0 Å². The minimum absolute atomic E-state index is 0.824. The van der Waals surface area contributed by atoms with Crippen LogP contribution in [0.1, 0.15) is 27.8 Å². The molecule has 0 aromatic heterocycles. The number of rotatable bonds is 3. The van der Waals surface area contributed by atoms with Crippen molar-refractivity contribution in [2.45, 2.75) is 33.6 Å². The van der Waals surface area contributed by atoms with Crippen LogP contribution in [0.4, 0.5) is 0 Å². The molecule has 2 aromatic rings. The highest BCUT2D eigenvalue weighted by molar-refractivity contribution is 6.30. The Kier molecular flexibility index (Phi) is 4.08. The van der Waals surface area contributed by atoms with Crippen molar-refractivity contribution in [2.75, 3.05) is 0 Å². The van der Waals surface area contributed by atoms with Gasteiger partial charge in [0.2, 0.25) is 0 Å². The molecule has 0 spiro atoms. The maximum absolute atomic E-state index is 6.01. The molecule has 0 bridgehead atoms. The van der Waals surface area contributed by atoms with Crippen molar-refractivity contribution < 1.29 is 0 Å². The molecule has 0 atom stereocenters. The second-order valence-electron chi connectivity index (χ2n) is 5.01. The number of benzene rings is 2. The molecule has 0 N–H and O–H groups in total. The van der Waals surface area contributed by atoms with E-state index in [2.05, 4.69) is 45.0 Å². The highest BCUT2D eigenvalue weighted by atomic mass is 35.5. The van der Waals surface area contributed by atoms with Gasteiger partial charge >= 0.3 is 0 Å². The summed E-state index contributed by atoms with van der Waals surface area (Å²) in [6.07, 6.45) is 2.13. The quantitative estimate of drug-likeness (QED) is 0.723. The summed E-state index contributed by atoms with van der Waals surface area (Å²) in [5.74, 6) is 0. The monoisotopic (exact) mass is 258 g/mol. The molecule has 0 radical (unpaired) electrons. The second kappa shape index (κ2) is 5.58. The zero-order valence-electron chi connectivity index (χ0n) is 11.3. The highest BCUT2D eigenvalue weighted by Crippen LogP contribution is 2.19. The van der Waals surface area contributed by atoms with Crippen molar-refractivity contribution >= 4 is 11.6 Å². The lowest BCUT2D eigenvalue weighted by Gasteiger charge is -2.11. The largest absolute Gasteiger partial charge is 0.0843 e. The molecule has 0 unspecified atom stereocenters. The highest BCUT2D eigenvalue weighted by Gasteiger charge is 2.04. The molecule has 0 heterocycles. The van der Waals surface area contributed by atoms with Crippen molar-refractivity contribution in [2.24, 2.45) is 0 Å². The lowest BCUT2D eigenvalue weighted by molar-refractivity contribution is 0.936. The fraction of sp³-hybridized carbons (Fsp3) is 0.294. The molecule has 2 aromatic carbocycles. The van der Waals surface area contributed by atoms with Gasteiger partial charge in [0.05, 0.1) is 0 Å². The van der Waals surface area contributed by atoms with Gasteiger partial charge in [-0.05, 0) is 68.0 Å². The van der Waals surface area contributed by atoms with E-state index >= 15 is 0 Å². The van der Waals surface area contributed by atoms with E-state index in [-0.39, 0.29) is 0 Å².